The molecule has 2 aromatic rings. The number of amides is 1. The Morgan fingerprint density at radius 3 is 2.28 bits per heavy atom. The first-order valence-electron chi connectivity index (χ1n) is 7.58. The first-order chi connectivity index (χ1) is 13.3. The average Bonchev–Trinajstić information content (AvgIpc) is 2.94. The fraction of sp³-hybridized carbons (Fsp3) is 0.333. The van der Waals surface area contributed by atoms with Gasteiger partial charge in [0, 0.05) is 27.3 Å². The normalized spacial score (nSPS) is 12.8. The van der Waals surface area contributed by atoms with Gasteiger partial charge >= 0.3 is 18.3 Å². The topological polar surface area (TPSA) is 77.9 Å². The Morgan fingerprint density at radius 2 is 1.79 bits per heavy atom. The third-order valence-corrected chi connectivity index (χ3v) is 4.49. The number of hydrazine groups is 1. The molecule has 1 N–H and O–H groups in total. The van der Waals surface area contributed by atoms with E-state index in [0.29, 0.717) is 12.7 Å². The first kappa shape index (κ1) is 22.4. The molecular weight excluding hydrogens is 428 g/mol. The summed E-state index contributed by atoms with van der Waals surface area (Å²) < 4.78 is 77.7. The molecule has 29 heavy (non-hydrogen) atoms. The molecule has 158 valence electrons. The Balaban J connectivity index is 2.70. The highest BCUT2D eigenvalue weighted by molar-refractivity contribution is 7.21. The van der Waals surface area contributed by atoms with Crippen LogP contribution in [0, 0.1) is 0 Å². The molecule has 14 heteroatoms. The zero-order valence-corrected chi connectivity index (χ0v) is 15.8. The van der Waals surface area contributed by atoms with E-state index in [0.717, 1.165) is 16.8 Å². The molecule has 0 saturated heterocycles. The Morgan fingerprint density at radius 1 is 1.17 bits per heavy atom. The molecule has 0 radical (unpaired) electrons. The molecule has 2 rings (SSSR count). The zero-order valence-electron chi connectivity index (χ0n) is 15.0. The second-order valence-electron chi connectivity index (χ2n) is 5.77. The number of aldehydes is 1. The van der Waals surface area contributed by atoms with E-state index in [9.17, 15) is 35.9 Å². The van der Waals surface area contributed by atoms with Gasteiger partial charge in [-0.25, -0.2) is 9.98 Å². The van der Waals surface area contributed by atoms with Crippen LogP contribution in [0.25, 0.3) is 10.2 Å². The van der Waals surface area contributed by atoms with Gasteiger partial charge in [-0.05, 0) is 6.07 Å². The lowest BCUT2D eigenvalue weighted by atomic mass is 10.2. The van der Waals surface area contributed by atoms with Crippen molar-refractivity contribution in [1.82, 2.24) is 15.4 Å². The predicted octanol–water partition coefficient (Wildman–Crippen LogP) is 3.29. The monoisotopic (exact) mass is 441 g/mol. The van der Waals surface area contributed by atoms with Gasteiger partial charge in [0.2, 0.25) is 5.84 Å². The highest BCUT2D eigenvalue weighted by Gasteiger charge is 2.44. The minimum Gasteiger partial charge on any atom is -0.377 e. The Labute approximate surface area is 163 Å². The number of aliphatic imine (C=N–C) groups is 1. The zero-order chi connectivity index (χ0) is 22.1. The maximum Gasteiger partial charge on any atom is 0.472 e. The number of aromatic nitrogens is 1. The van der Waals surface area contributed by atoms with Crippen LogP contribution >= 0.6 is 11.3 Å². The SMILES string of the molecule is CN(NC(=O)C(F)(F)F)/C(=N\c1c(C=O)sc2nccc(N(C)C)c12)C(F)(F)F. The first-order valence-corrected chi connectivity index (χ1v) is 8.40. The number of amidine groups is 1. The van der Waals surface area contributed by atoms with Gasteiger partial charge in [0.1, 0.15) is 4.83 Å². The van der Waals surface area contributed by atoms with Crippen molar-refractivity contribution >= 4 is 51.0 Å². The molecule has 2 aromatic heterocycles. The van der Waals surface area contributed by atoms with Crippen molar-refractivity contribution in [3.63, 3.8) is 0 Å². The summed E-state index contributed by atoms with van der Waals surface area (Å²) in [5.74, 6) is -4.47. The Bertz CT molecular complexity index is 966. The highest BCUT2D eigenvalue weighted by Crippen LogP contribution is 2.42. The second kappa shape index (κ2) is 7.85. The van der Waals surface area contributed by atoms with E-state index in [2.05, 4.69) is 9.98 Å². The number of alkyl halides is 6. The lowest BCUT2D eigenvalue weighted by Crippen LogP contribution is -2.52. The third-order valence-electron chi connectivity index (χ3n) is 3.48. The van der Waals surface area contributed by atoms with Crippen molar-refractivity contribution in [2.45, 2.75) is 12.4 Å². The molecule has 0 fully saturated rings. The molecule has 0 aliphatic carbocycles. The third kappa shape index (κ3) is 4.75. The van der Waals surface area contributed by atoms with E-state index in [-0.39, 0.29) is 26.4 Å². The number of nitrogens with one attached hydrogen (secondary N) is 1. The van der Waals surface area contributed by atoms with Gasteiger partial charge in [-0.15, -0.1) is 11.3 Å². The van der Waals surface area contributed by atoms with Crippen LogP contribution in [0.5, 0.6) is 0 Å². The fourth-order valence-corrected chi connectivity index (χ4v) is 3.19. The van der Waals surface area contributed by atoms with Crippen molar-refractivity contribution in [1.29, 1.82) is 0 Å². The van der Waals surface area contributed by atoms with Crippen LogP contribution in [0.4, 0.5) is 37.7 Å². The predicted molar refractivity (Wildman–Crippen MR) is 94.4 cm³/mol. The van der Waals surface area contributed by atoms with Gasteiger partial charge in [-0.2, -0.15) is 26.3 Å². The minimum atomic E-state index is -5.41. The van der Waals surface area contributed by atoms with E-state index in [1.807, 2.05) is 0 Å². The van der Waals surface area contributed by atoms with Gasteiger partial charge in [-0.3, -0.25) is 20.0 Å². The summed E-state index contributed by atoms with van der Waals surface area (Å²) in [5.41, 5.74) is 1.04. The van der Waals surface area contributed by atoms with Gasteiger partial charge in [0.15, 0.2) is 6.29 Å². The molecule has 0 saturated carbocycles. The second-order valence-corrected chi connectivity index (χ2v) is 6.80. The van der Waals surface area contributed by atoms with Crippen molar-refractivity contribution in [2.24, 2.45) is 4.99 Å². The summed E-state index contributed by atoms with van der Waals surface area (Å²) in [4.78, 5) is 31.4. The summed E-state index contributed by atoms with van der Waals surface area (Å²) in [7, 11) is 3.75. The Hall–Kier alpha value is -2.90. The molecule has 0 aliphatic heterocycles. The molecule has 0 bridgehead atoms. The van der Waals surface area contributed by atoms with Crippen LogP contribution < -0.4 is 10.3 Å². The number of carbonyl (C=O) groups is 2. The van der Waals surface area contributed by atoms with Gasteiger partial charge in [0.05, 0.1) is 21.6 Å². The van der Waals surface area contributed by atoms with Crippen LogP contribution in [-0.4, -0.2) is 61.5 Å². The van der Waals surface area contributed by atoms with Crippen LogP contribution in [0.3, 0.4) is 0 Å². The molecule has 0 unspecified atom stereocenters. The lowest BCUT2D eigenvalue weighted by Gasteiger charge is -2.24. The quantitative estimate of drug-likeness (QED) is 0.260. The maximum atomic E-state index is 13.5. The average molecular weight is 441 g/mol. The number of thiophene rings is 1. The van der Waals surface area contributed by atoms with E-state index >= 15 is 0 Å². The van der Waals surface area contributed by atoms with Gasteiger partial charge in [-0.1, -0.05) is 0 Å². The number of hydrogen-bond donors (Lipinski definition) is 1. The standard InChI is InChI=1S/C15H13F6N5O2S/c1-25(2)7-4-5-22-11-9(7)10(8(6-27)29-11)23-12(14(16,17)18)26(3)24-13(28)15(19,20)21/h4-6H,1-3H3,(H,24,28)/b23-12-. The number of fused-ring (bicyclic) bond motifs is 1. The molecular formula is C15H13F6N5O2S. The van der Waals surface area contributed by atoms with Crippen molar-refractivity contribution in [3.8, 4) is 0 Å². The number of carbonyl (C=O) groups excluding carboxylic acids is 2. The van der Waals surface area contributed by atoms with Crippen molar-refractivity contribution < 1.29 is 35.9 Å². The maximum absolute atomic E-state index is 13.5. The molecule has 2 heterocycles. The summed E-state index contributed by atoms with van der Waals surface area (Å²) in [6.07, 6.45) is -9.00. The van der Waals surface area contributed by atoms with E-state index in [1.54, 1.807) is 19.0 Å². The van der Waals surface area contributed by atoms with Gasteiger partial charge < -0.3 is 4.90 Å². The summed E-state index contributed by atoms with van der Waals surface area (Å²) in [6.45, 7) is 0. The number of nitrogens with zero attached hydrogens (tertiary/aromatic N) is 4. The van der Waals surface area contributed by atoms with Crippen LogP contribution in [0.1, 0.15) is 9.67 Å². The van der Waals surface area contributed by atoms with Crippen LogP contribution in [0.2, 0.25) is 0 Å². The summed E-state index contributed by atoms with van der Waals surface area (Å²) in [6, 6.07) is 1.48. The number of anilines is 1. The summed E-state index contributed by atoms with van der Waals surface area (Å²) >= 11 is 0.772. The van der Waals surface area contributed by atoms with Crippen molar-refractivity contribution in [2.75, 3.05) is 26.0 Å². The largest absolute Gasteiger partial charge is 0.472 e. The smallest absolute Gasteiger partial charge is 0.377 e. The number of rotatable bonds is 3. The van der Waals surface area contributed by atoms with E-state index < -0.39 is 29.8 Å². The van der Waals surface area contributed by atoms with Gasteiger partial charge in [0.25, 0.3) is 0 Å². The fourth-order valence-electron chi connectivity index (χ4n) is 2.28. The number of pyridine rings is 1. The van der Waals surface area contributed by atoms with E-state index in [1.165, 1.54) is 12.3 Å². The Kier molecular flexibility index (Phi) is 6.06. The molecule has 0 atom stereocenters. The molecule has 0 spiro atoms. The van der Waals surface area contributed by atoms with Crippen LogP contribution in [0.15, 0.2) is 17.3 Å². The molecule has 0 aliphatic rings. The highest BCUT2D eigenvalue weighted by atomic mass is 32.1. The summed E-state index contributed by atoms with van der Waals surface area (Å²) in [5, 5.41) is -0.0820. The molecule has 7 nitrogen and oxygen atoms in total. The molecule has 1 amide bonds. The molecule has 0 aromatic carbocycles. The number of halogens is 6. The number of hydrogen-bond acceptors (Lipinski definition) is 6. The van der Waals surface area contributed by atoms with Crippen molar-refractivity contribution in [3.05, 3.63) is 17.1 Å². The van der Waals surface area contributed by atoms with E-state index in [4.69, 9.17) is 0 Å². The van der Waals surface area contributed by atoms with Crippen LogP contribution in [-0.2, 0) is 4.79 Å². The minimum absolute atomic E-state index is 0.113. The lowest BCUT2D eigenvalue weighted by molar-refractivity contribution is -0.177.